The van der Waals surface area contributed by atoms with Crippen LogP contribution in [0.1, 0.15) is 56.7 Å². The van der Waals surface area contributed by atoms with Crippen molar-refractivity contribution in [3.63, 3.8) is 0 Å². The summed E-state index contributed by atoms with van der Waals surface area (Å²) in [6, 6.07) is 11.3. The lowest BCUT2D eigenvalue weighted by atomic mass is 9.79. The lowest BCUT2D eigenvalue weighted by Crippen LogP contribution is -2.48. The van der Waals surface area contributed by atoms with Crippen LogP contribution in [-0.4, -0.2) is 23.2 Å². The van der Waals surface area contributed by atoms with Crippen LogP contribution in [-0.2, 0) is 4.79 Å². The Kier molecular flexibility index (Phi) is 5.69. The van der Waals surface area contributed by atoms with E-state index >= 15 is 4.39 Å². The third kappa shape index (κ3) is 4.13. The number of hydrogen-bond donors (Lipinski definition) is 1. The van der Waals surface area contributed by atoms with Gasteiger partial charge in [0.2, 0.25) is 0 Å². The summed E-state index contributed by atoms with van der Waals surface area (Å²) in [5, 5.41) is 3.30. The van der Waals surface area contributed by atoms with Crippen molar-refractivity contribution in [3.8, 4) is 0 Å². The summed E-state index contributed by atoms with van der Waals surface area (Å²) in [4.78, 5) is 19.8. The standard InChI is InChI=1S/C25H28FN3OS/c1-6-29-21-13-19(26)17(11-18(21)16(3)14-25(29,4)5)12-22-23(30)28-24(31-22)27-20-10-8-7-9-15(20)2/h7-13,16H,6,14H2,1-5H3,(H,27,28,30)/b22-12+. The van der Waals surface area contributed by atoms with E-state index in [0.717, 1.165) is 35.5 Å². The highest BCUT2D eigenvalue weighted by atomic mass is 32.2. The monoisotopic (exact) mass is 437 g/mol. The molecule has 0 spiro atoms. The van der Waals surface area contributed by atoms with Crippen molar-refractivity contribution in [2.24, 2.45) is 4.99 Å². The lowest BCUT2D eigenvalue weighted by Gasteiger charge is -2.47. The van der Waals surface area contributed by atoms with Gasteiger partial charge in [-0.15, -0.1) is 0 Å². The van der Waals surface area contributed by atoms with E-state index in [-0.39, 0.29) is 17.3 Å². The first kappa shape index (κ1) is 21.6. The fraction of sp³-hybridized carbons (Fsp3) is 0.360. The zero-order chi connectivity index (χ0) is 22.3. The van der Waals surface area contributed by atoms with Crippen molar-refractivity contribution in [2.45, 2.75) is 52.5 Å². The molecule has 4 rings (SSSR count). The molecule has 2 heterocycles. The normalized spacial score (nSPS) is 22.7. The van der Waals surface area contributed by atoms with E-state index in [2.05, 4.69) is 42.9 Å². The van der Waals surface area contributed by atoms with E-state index in [1.807, 2.05) is 37.3 Å². The molecule has 4 nitrogen and oxygen atoms in total. The highest BCUT2D eigenvalue weighted by Crippen LogP contribution is 2.44. The number of thioether (sulfide) groups is 1. The number of carbonyl (C=O) groups is 1. The zero-order valence-corrected chi connectivity index (χ0v) is 19.4. The second-order valence-corrected chi connectivity index (χ2v) is 9.89. The van der Waals surface area contributed by atoms with E-state index < -0.39 is 0 Å². The molecule has 162 valence electrons. The molecule has 0 radical (unpaired) electrons. The molecule has 1 saturated heterocycles. The number of benzene rings is 2. The Morgan fingerprint density at radius 1 is 1.32 bits per heavy atom. The van der Waals surface area contributed by atoms with Crippen LogP contribution in [0.25, 0.3) is 6.08 Å². The van der Waals surface area contributed by atoms with Crippen LogP contribution in [0.5, 0.6) is 0 Å². The van der Waals surface area contributed by atoms with Crippen LogP contribution >= 0.6 is 11.8 Å². The smallest absolute Gasteiger partial charge is 0.264 e. The van der Waals surface area contributed by atoms with Crippen molar-refractivity contribution < 1.29 is 9.18 Å². The van der Waals surface area contributed by atoms with Crippen LogP contribution in [0.15, 0.2) is 46.3 Å². The van der Waals surface area contributed by atoms with Gasteiger partial charge in [0.15, 0.2) is 5.17 Å². The summed E-state index contributed by atoms with van der Waals surface area (Å²) >= 11 is 1.24. The van der Waals surface area contributed by atoms with Gasteiger partial charge in [-0.1, -0.05) is 25.1 Å². The Hall–Kier alpha value is -2.60. The largest absolute Gasteiger partial charge is 0.366 e. The van der Waals surface area contributed by atoms with Gasteiger partial charge in [0.1, 0.15) is 5.82 Å². The molecule has 1 atom stereocenters. The molecule has 1 N–H and O–H groups in total. The SMILES string of the molecule is CCN1c2cc(F)c(/C=C3/SC(=Nc4ccccc4C)NC3=O)cc2C(C)CC1(C)C. The first-order valence-electron chi connectivity index (χ1n) is 10.7. The summed E-state index contributed by atoms with van der Waals surface area (Å²) in [6.07, 6.45) is 2.64. The number of aryl methyl sites for hydroxylation is 1. The number of carbonyl (C=O) groups excluding carboxylic acids is 1. The van der Waals surface area contributed by atoms with Crippen LogP contribution in [0.4, 0.5) is 15.8 Å². The number of halogens is 1. The van der Waals surface area contributed by atoms with Gasteiger partial charge in [-0.2, -0.15) is 0 Å². The van der Waals surface area contributed by atoms with Gasteiger partial charge >= 0.3 is 0 Å². The molecular weight excluding hydrogens is 409 g/mol. The van der Waals surface area contributed by atoms with E-state index in [1.54, 1.807) is 12.1 Å². The van der Waals surface area contributed by atoms with E-state index in [1.165, 1.54) is 11.8 Å². The van der Waals surface area contributed by atoms with Crippen molar-refractivity contribution in [2.75, 3.05) is 11.4 Å². The number of para-hydroxylation sites is 1. The lowest BCUT2D eigenvalue weighted by molar-refractivity contribution is -0.115. The minimum absolute atomic E-state index is 0.0181. The number of anilines is 1. The third-order valence-corrected chi connectivity index (χ3v) is 7.01. The summed E-state index contributed by atoms with van der Waals surface area (Å²) < 4.78 is 15.1. The molecule has 2 aliphatic heterocycles. The van der Waals surface area contributed by atoms with Gasteiger partial charge in [0.05, 0.1) is 10.6 Å². The molecular formula is C25H28FN3OS. The molecule has 1 fully saturated rings. The van der Waals surface area contributed by atoms with Crippen molar-refractivity contribution in [3.05, 3.63) is 63.8 Å². The van der Waals surface area contributed by atoms with Gasteiger partial charge in [-0.3, -0.25) is 4.79 Å². The number of hydrogen-bond acceptors (Lipinski definition) is 4. The molecule has 1 unspecified atom stereocenters. The molecule has 6 heteroatoms. The number of nitrogens with one attached hydrogen (secondary N) is 1. The number of amides is 1. The summed E-state index contributed by atoms with van der Waals surface area (Å²) in [5.74, 6) is -0.250. The number of nitrogens with zero attached hydrogens (tertiary/aromatic N) is 2. The Labute approximate surface area is 187 Å². The van der Waals surface area contributed by atoms with Gasteiger partial charge in [0.25, 0.3) is 5.91 Å². The number of rotatable bonds is 3. The van der Waals surface area contributed by atoms with Crippen LogP contribution in [0, 0.1) is 12.7 Å². The maximum absolute atomic E-state index is 15.1. The maximum atomic E-state index is 15.1. The highest BCUT2D eigenvalue weighted by Gasteiger charge is 2.36. The number of fused-ring (bicyclic) bond motifs is 1. The van der Waals surface area contributed by atoms with Crippen LogP contribution in [0.3, 0.4) is 0 Å². The average Bonchev–Trinajstić information content (AvgIpc) is 3.03. The Bertz CT molecular complexity index is 1110. The average molecular weight is 438 g/mol. The summed E-state index contributed by atoms with van der Waals surface area (Å²) in [7, 11) is 0. The molecule has 1 amide bonds. The summed E-state index contributed by atoms with van der Waals surface area (Å²) in [5.41, 5.74) is 4.34. The molecule has 0 saturated carbocycles. The Balaban J connectivity index is 1.68. The van der Waals surface area contributed by atoms with Crippen molar-refractivity contribution in [1.29, 1.82) is 0 Å². The molecule has 0 bridgehead atoms. The van der Waals surface area contributed by atoms with E-state index in [4.69, 9.17) is 0 Å². The fourth-order valence-electron chi connectivity index (χ4n) is 4.65. The van der Waals surface area contributed by atoms with Crippen LogP contribution < -0.4 is 10.2 Å². The minimum atomic E-state index is -0.313. The van der Waals surface area contributed by atoms with E-state index in [0.29, 0.717) is 21.6 Å². The van der Waals surface area contributed by atoms with Crippen molar-refractivity contribution >= 4 is 40.3 Å². The van der Waals surface area contributed by atoms with Gasteiger partial charge < -0.3 is 10.2 Å². The first-order valence-corrected chi connectivity index (χ1v) is 11.5. The molecule has 0 aromatic heterocycles. The molecule has 2 aromatic rings. The first-order chi connectivity index (χ1) is 14.7. The van der Waals surface area contributed by atoms with Crippen LogP contribution in [0.2, 0.25) is 0 Å². The Morgan fingerprint density at radius 2 is 2.06 bits per heavy atom. The third-order valence-electron chi connectivity index (χ3n) is 6.10. The van der Waals surface area contributed by atoms with Crippen molar-refractivity contribution in [1.82, 2.24) is 5.32 Å². The number of aliphatic imine (C=N–C) groups is 1. The molecule has 2 aromatic carbocycles. The maximum Gasteiger partial charge on any atom is 0.264 e. The fourth-order valence-corrected chi connectivity index (χ4v) is 5.48. The van der Waals surface area contributed by atoms with Gasteiger partial charge in [0, 0.05) is 23.3 Å². The Morgan fingerprint density at radius 3 is 2.77 bits per heavy atom. The highest BCUT2D eigenvalue weighted by molar-refractivity contribution is 8.18. The second kappa shape index (κ2) is 8.15. The number of amidine groups is 1. The predicted molar refractivity (Wildman–Crippen MR) is 129 cm³/mol. The summed E-state index contributed by atoms with van der Waals surface area (Å²) in [6.45, 7) is 11.5. The van der Waals surface area contributed by atoms with E-state index in [9.17, 15) is 4.79 Å². The van der Waals surface area contributed by atoms with Gasteiger partial charge in [-0.05, 0) is 87.2 Å². The minimum Gasteiger partial charge on any atom is -0.366 e. The van der Waals surface area contributed by atoms with Gasteiger partial charge in [-0.25, -0.2) is 9.38 Å². The topological polar surface area (TPSA) is 44.7 Å². The second-order valence-electron chi connectivity index (χ2n) is 8.86. The zero-order valence-electron chi connectivity index (χ0n) is 18.6. The molecule has 31 heavy (non-hydrogen) atoms. The quantitative estimate of drug-likeness (QED) is 0.587. The predicted octanol–water partition coefficient (Wildman–Crippen LogP) is 6.14. The molecule has 0 aliphatic carbocycles. The molecule has 2 aliphatic rings.